The Bertz CT molecular complexity index is 306. The van der Waals surface area contributed by atoms with Gasteiger partial charge in [0, 0.05) is 13.2 Å². The number of hydrogen-bond donors (Lipinski definition) is 1. The molecule has 0 aromatic heterocycles. The summed E-state index contributed by atoms with van der Waals surface area (Å²) in [5.74, 6) is 0.686. The second kappa shape index (κ2) is 6.45. The third-order valence-electron chi connectivity index (χ3n) is 3.00. The van der Waals surface area contributed by atoms with E-state index in [0.29, 0.717) is 24.7 Å². The van der Waals surface area contributed by atoms with Gasteiger partial charge in [-0.15, -0.1) is 0 Å². The van der Waals surface area contributed by atoms with Crippen LogP contribution in [0.4, 0.5) is 0 Å². The molecular formula is C13H21NO3. The van der Waals surface area contributed by atoms with Crippen molar-refractivity contribution in [3.63, 3.8) is 0 Å². The summed E-state index contributed by atoms with van der Waals surface area (Å²) in [6.45, 7) is 10.5. The minimum atomic E-state index is -0.302. The van der Waals surface area contributed by atoms with Gasteiger partial charge in [0.1, 0.15) is 0 Å². The van der Waals surface area contributed by atoms with E-state index in [4.69, 9.17) is 9.47 Å². The molecule has 1 saturated heterocycles. The molecule has 0 aromatic carbocycles. The molecule has 0 aliphatic carbocycles. The molecule has 1 aliphatic rings. The SMILES string of the molecule is C=C(N[C@@H](C(=O)C(=C)C)C1CCOCC1)OC. The van der Waals surface area contributed by atoms with Crippen molar-refractivity contribution in [1.82, 2.24) is 5.32 Å². The smallest absolute Gasteiger partial charge is 0.180 e. The summed E-state index contributed by atoms with van der Waals surface area (Å²) in [6, 6.07) is -0.302. The Morgan fingerprint density at radius 1 is 1.41 bits per heavy atom. The number of ketones is 1. The van der Waals surface area contributed by atoms with Gasteiger partial charge in [-0.3, -0.25) is 4.79 Å². The van der Waals surface area contributed by atoms with Gasteiger partial charge in [-0.2, -0.15) is 0 Å². The second-order valence-corrected chi connectivity index (χ2v) is 4.34. The number of carbonyl (C=O) groups excluding carboxylic acids is 1. The van der Waals surface area contributed by atoms with Gasteiger partial charge in [0.25, 0.3) is 0 Å². The summed E-state index contributed by atoms with van der Waals surface area (Å²) in [4.78, 5) is 12.1. The van der Waals surface area contributed by atoms with Crippen molar-refractivity contribution in [2.24, 2.45) is 5.92 Å². The first-order valence-corrected chi connectivity index (χ1v) is 5.83. The maximum absolute atomic E-state index is 12.1. The molecule has 1 atom stereocenters. The molecular weight excluding hydrogens is 218 g/mol. The summed E-state index contributed by atoms with van der Waals surface area (Å²) in [7, 11) is 1.53. The fourth-order valence-corrected chi connectivity index (χ4v) is 1.94. The van der Waals surface area contributed by atoms with Crippen LogP contribution in [0.15, 0.2) is 24.6 Å². The lowest BCUT2D eigenvalue weighted by molar-refractivity contribution is -0.119. The summed E-state index contributed by atoms with van der Waals surface area (Å²) in [5, 5.41) is 3.03. The van der Waals surface area contributed by atoms with Gasteiger partial charge in [0.15, 0.2) is 11.7 Å². The lowest BCUT2D eigenvalue weighted by atomic mass is 9.87. The summed E-state index contributed by atoms with van der Waals surface area (Å²) in [6.07, 6.45) is 1.74. The topological polar surface area (TPSA) is 47.6 Å². The third kappa shape index (κ3) is 3.89. The zero-order valence-electron chi connectivity index (χ0n) is 10.6. The van der Waals surface area contributed by atoms with Crippen LogP contribution in [0.3, 0.4) is 0 Å². The number of methoxy groups -OCH3 is 1. The molecule has 4 heteroatoms. The number of Topliss-reactive ketones (excluding diaryl/α,β-unsaturated/α-hetero) is 1. The van der Waals surface area contributed by atoms with E-state index >= 15 is 0 Å². The fraction of sp³-hybridized carbons (Fsp3) is 0.615. The first kappa shape index (κ1) is 13.8. The zero-order chi connectivity index (χ0) is 12.8. The average molecular weight is 239 g/mol. The van der Waals surface area contributed by atoms with Crippen LogP contribution in [-0.4, -0.2) is 32.1 Å². The van der Waals surface area contributed by atoms with Crippen LogP contribution in [0, 0.1) is 5.92 Å². The van der Waals surface area contributed by atoms with Crippen LogP contribution < -0.4 is 5.32 Å². The van der Waals surface area contributed by atoms with Gasteiger partial charge in [0.05, 0.1) is 13.2 Å². The van der Waals surface area contributed by atoms with E-state index in [1.165, 1.54) is 7.11 Å². The van der Waals surface area contributed by atoms with Gasteiger partial charge >= 0.3 is 0 Å². The number of rotatable bonds is 6. The summed E-state index contributed by atoms with van der Waals surface area (Å²) in [5.41, 5.74) is 0.554. The highest BCUT2D eigenvalue weighted by atomic mass is 16.5. The fourth-order valence-electron chi connectivity index (χ4n) is 1.94. The van der Waals surface area contributed by atoms with E-state index in [9.17, 15) is 4.79 Å². The van der Waals surface area contributed by atoms with Crippen LogP contribution in [0.5, 0.6) is 0 Å². The van der Waals surface area contributed by atoms with Crippen LogP contribution in [0.25, 0.3) is 0 Å². The Hall–Kier alpha value is -1.29. The predicted molar refractivity (Wildman–Crippen MR) is 66.4 cm³/mol. The molecule has 0 unspecified atom stereocenters. The predicted octanol–water partition coefficient (Wildman–Crippen LogP) is 1.63. The average Bonchev–Trinajstić information content (AvgIpc) is 2.35. The molecule has 17 heavy (non-hydrogen) atoms. The Balaban J connectivity index is 2.73. The number of nitrogens with one attached hydrogen (secondary N) is 1. The molecule has 0 radical (unpaired) electrons. The van der Waals surface area contributed by atoms with Crippen LogP contribution >= 0.6 is 0 Å². The van der Waals surface area contributed by atoms with Gasteiger partial charge in [-0.1, -0.05) is 6.58 Å². The molecule has 0 bridgehead atoms. The molecule has 1 rings (SSSR count). The molecule has 0 aromatic rings. The first-order valence-electron chi connectivity index (χ1n) is 5.83. The van der Waals surface area contributed by atoms with Crippen molar-refractivity contribution in [3.8, 4) is 0 Å². The van der Waals surface area contributed by atoms with E-state index in [-0.39, 0.29) is 17.7 Å². The Morgan fingerprint density at radius 2 is 2.00 bits per heavy atom. The summed E-state index contributed by atoms with van der Waals surface area (Å²) < 4.78 is 10.3. The quantitative estimate of drug-likeness (QED) is 0.565. The number of ether oxygens (including phenoxy) is 2. The molecule has 1 fully saturated rings. The van der Waals surface area contributed by atoms with Crippen molar-refractivity contribution in [1.29, 1.82) is 0 Å². The van der Waals surface area contributed by atoms with Crippen molar-refractivity contribution < 1.29 is 14.3 Å². The van der Waals surface area contributed by atoms with Crippen molar-refractivity contribution in [2.45, 2.75) is 25.8 Å². The van der Waals surface area contributed by atoms with Crippen molar-refractivity contribution in [2.75, 3.05) is 20.3 Å². The highest BCUT2D eigenvalue weighted by Gasteiger charge is 2.30. The standard InChI is InChI=1S/C13H21NO3/c1-9(2)13(15)12(14-10(3)16-4)11-5-7-17-8-6-11/h11-12,14H,1,3,5-8H2,2,4H3/t12-/m1/s1. The molecule has 96 valence electrons. The second-order valence-electron chi connectivity index (χ2n) is 4.34. The largest absolute Gasteiger partial charge is 0.483 e. The monoisotopic (exact) mass is 239 g/mol. The van der Waals surface area contributed by atoms with E-state index in [1.54, 1.807) is 6.92 Å². The van der Waals surface area contributed by atoms with Gasteiger partial charge in [0.2, 0.25) is 0 Å². The molecule has 0 saturated carbocycles. The maximum Gasteiger partial charge on any atom is 0.180 e. The molecule has 4 nitrogen and oxygen atoms in total. The van der Waals surface area contributed by atoms with E-state index in [0.717, 1.165) is 12.8 Å². The lowest BCUT2D eigenvalue weighted by Crippen LogP contribution is -2.44. The van der Waals surface area contributed by atoms with Gasteiger partial charge < -0.3 is 14.8 Å². The summed E-state index contributed by atoms with van der Waals surface area (Å²) >= 11 is 0. The van der Waals surface area contributed by atoms with Crippen LogP contribution in [-0.2, 0) is 14.3 Å². The van der Waals surface area contributed by atoms with E-state index in [2.05, 4.69) is 18.5 Å². The molecule has 1 aliphatic heterocycles. The number of hydrogen-bond acceptors (Lipinski definition) is 4. The molecule has 1 N–H and O–H groups in total. The van der Waals surface area contributed by atoms with Gasteiger partial charge in [-0.05, 0) is 37.8 Å². The van der Waals surface area contributed by atoms with E-state index in [1.807, 2.05) is 0 Å². The van der Waals surface area contributed by atoms with Gasteiger partial charge in [-0.25, -0.2) is 0 Å². The minimum Gasteiger partial charge on any atom is -0.483 e. The normalized spacial score (nSPS) is 18.2. The van der Waals surface area contributed by atoms with Crippen LogP contribution in [0.2, 0.25) is 0 Å². The Labute approximate surface area is 103 Å². The first-order chi connectivity index (χ1) is 8.06. The van der Waals surface area contributed by atoms with Crippen LogP contribution in [0.1, 0.15) is 19.8 Å². The molecule has 0 amide bonds. The highest BCUT2D eigenvalue weighted by Crippen LogP contribution is 2.21. The molecule has 1 heterocycles. The third-order valence-corrected chi connectivity index (χ3v) is 3.00. The number of carbonyl (C=O) groups is 1. The molecule has 0 spiro atoms. The minimum absolute atomic E-state index is 0.0232. The highest BCUT2D eigenvalue weighted by molar-refractivity contribution is 5.98. The zero-order valence-corrected chi connectivity index (χ0v) is 10.6. The maximum atomic E-state index is 12.1. The Morgan fingerprint density at radius 3 is 2.47 bits per heavy atom. The van der Waals surface area contributed by atoms with E-state index < -0.39 is 0 Å². The lowest BCUT2D eigenvalue weighted by Gasteiger charge is -2.30. The van der Waals surface area contributed by atoms with Crippen molar-refractivity contribution >= 4 is 5.78 Å². The Kier molecular flexibility index (Phi) is 5.22. The van der Waals surface area contributed by atoms with Crippen molar-refractivity contribution in [3.05, 3.63) is 24.6 Å².